The van der Waals surface area contributed by atoms with Gasteiger partial charge in [-0.3, -0.25) is 4.79 Å². The zero-order valence-corrected chi connectivity index (χ0v) is 16.9. The van der Waals surface area contributed by atoms with Gasteiger partial charge in [-0.15, -0.1) is 11.3 Å². The predicted molar refractivity (Wildman–Crippen MR) is 107 cm³/mol. The Kier molecular flexibility index (Phi) is 6.50. The maximum Gasteiger partial charge on any atom is 0.254 e. The van der Waals surface area contributed by atoms with Gasteiger partial charge in [0.2, 0.25) is 0 Å². The van der Waals surface area contributed by atoms with Crippen LogP contribution in [0.5, 0.6) is 0 Å². The third-order valence-corrected chi connectivity index (χ3v) is 5.14. The van der Waals surface area contributed by atoms with Crippen molar-refractivity contribution in [3.63, 3.8) is 0 Å². The Morgan fingerprint density at radius 1 is 1.43 bits per heavy atom. The summed E-state index contributed by atoms with van der Waals surface area (Å²) in [5.41, 5.74) is 2.70. The highest BCUT2D eigenvalue weighted by molar-refractivity contribution is 7.13. The summed E-state index contributed by atoms with van der Waals surface area (Å²) in [7, 11) is 1.55. The largest absolute Gasteiger partial charge is 0.391 e. The summed E-state index contributed by atoms with van der Waals surface area (Å²) in [6.45, 7) is 4.15. The second-order valence-corrected chi connectivity index (χ2v) is 7.25. The van der Waals surface area contributed by atoms with Crippen molar-refractivity contribution in [3.05, 3.63) is 46.7 Å². The Bertz CT molecular complexity index is 939. The van der Waals surface area contributed by atoms with Gasteiger partial charge >= 0.3 is 0 Å². The lowest BCUT2D eigenvalue weighted by atomic mass is 10.2. The Morgan fingerprint density at radius 3 is 2.93 bits per heavy atom. The Hall–Kier alpha value is -2.62. The van der Waals surface area contributed by atoms with E-state index in [9.17, 15) is 9.90 Å². The number of hydrogen-bond donors (Lipinski definition) is 2. The number of hydrogen-bond acceptors (Lipinski definition) is 7. The molecule has 0 aliphatic carbocycles. The molecule has 3 aromatic heterocycles. The highest BCUT2D eigenvalue weighted by Gasteiger charge is 2.21. The molecule has 1 amide bonds. The van der Waals surface area contributed by atoms with Crippen LogP contribution in [0, 0.1) is 6.92 Å². The average molecular weight is 401 g/mol. The minimum atomic E-state index is -0.585. The summed E-state index contributed by atoms with van der Waals surface area (Å²) in [5, 5.41) is 18.7. The fraction of sp³-hybridized carbons (Fsp3) is 0.368. The van der Waals surface area contributed by atoms with E-state index in [1.165, 1.54) is 10.9 Å². The van der Waals surface area contributed by atoms with Gasteiger partial charge in [0, 0.05) is 19.9 Å². The maximum atomic E-state index is 12.5. The highest BCUT2D eigenvalue weighted by atomic mass is 32.1. The lowest BCUT2D eigenvalue weighted by molar-refractivity contribution is 0.0909. The topological polar surface area (TPSA) is 102 Å². The molecule has 28 heavy (non-hydrogen) atoms. The first-order valence-electron chi connectivity index (χ1n) is 8.95. The van der Waals surface area contributed by atoms with E-state index < -0.39 is 6.10 Å². The number of ether oxygens (including phenoxy) is 1. The third kappa shape index (κ3) is 4.27. The molecule has 1 atom stereocenters. The van der Waals surface area contributed by atoms with Gasteiger partial charge in [-0.25, -0.2) is 9.97 Å². The van der Waals surface area contributed by atoms with Crippen molar-refractivity contribution in [1.29, 1.82) is 0 Å². The molecule has 0 spiro atoms. The van der Waals surface area contributed by atoms with Crippen LogP contribution in [0.1, 0.15) is 35.0 Å². The summed E-state index contributed by atoms with van der Waals surface area (Å²) >= 11 is 1.60. The zero-order valence-electron chi connectivity index (χ0n) is 16.0. The minimum Gasteiger partial charge on any atom is -0.391 e. The van der Waals surface area contributed by atoms with Gasteiger partial charge < -0.3 is 15.2 Å². The molecule has 3 heterocycles. The van der Waals surface area contributed by atoms with E-state index in [1.807, 2.05) is 31.4 Å². The Balaban J connectivity index is 1.95. The quantitative estimate of drug-likeness (QED) is 0.601. The Morgan fingerprint density at radius 2 is 2.25 bits per heavy atom. The van der Waals surface area contributed by atoms with Crippen LogP contribution in [0.4, 0.5) is 0 Å². The summed E-state index contributed by atoms with van der Waals surface area (Å²) in [5.74, 6) is 0.0464. The number of carbonyl (C=O) groups excluding carboxylic acids is 1. The lowest BCUT2D eigenvalue weighted by Crippen LogP contribution is -2.32. The van der Waals surface area contributed by atoms with E-state index in [4.69, 9.17) is 4.74 Å². The molecule has 0 aliphatic heterocycles. The molecule has 0 bridgehead atoms. The average Bonchev–Trinajstić information content (AvgIpc) is 3.37. The van der Waals surface area contributed by atoms with Crippen LogP contribution in [-0.2, 0) is 11.3 Å². The third-order valence-electron chi connectivity index (χ3n) is 4.27. The van der Waals surface area contributed by atoms with E-state index in [-0.39, 0.29) is 19.1 Å². The summed E-state index contributed by atoms with van der Waals surface area (Å²) in [6, 6.07) is 3.97. The lowest BCUT2D eigenvalue weighted by Gasteiger charge is -2.11. The van der Waals surface area contributed by atoms with E-state index >= 15 is 0 Å². The zero-order chi connectivity index (χ0) is 20.1. The van der Waals surface area contributed by atoms with Gasteiger partial charge in [0.1, 0.15) is 0 Å². The number of aromatic nitrogens is 4. The van der Waals surface area contributed by atoms with Gasteiger partial charge in [0.15, 0.2) is 0 Å². The standard InChI is InChI=1S/C19H23N5O3S/c1-4-13(25)9-20-18(26)14-10-22-24(15(14)11-27-3)19-21-8-12(2)17(23-19)16-6-5-7-28-16/h5-8,10,13,25H,4,9,11H2,1-3H3,(H,20,26)/t13-/m1/s1. The predicted octanol–water partition coefficient (Wildman–Crippen LogP) is 2.35. The van der Waals surface area contributed by atoms with Crippen molar-refractivity contribution in [2.24, 2.45) is 0 Å². The van der Waals surface area contributed by atoms with Crippen molar-refractivity contribution >= 4 is 17.2 Å². The molecule has 0 unspecified atom stereocenters. The summed E-state index contributed by atoms with van der Waals surface area (Å²) in [4.78, 5) is 22.6. The second kappa shape index (κ2) is 9.05. The molecular weight excluding hydrogens is 378 g/mol. The van der Waals surface area contributed by atoms with Crippen molar-refractivity contribution < 1.29 is 14.6 Å². The van der Waals surface area contributed by atoms with Crippen LogP contribution in [0.25, 0.3) is 16.5 Å². The van der Waals surface area contributed by atoms with Crippen molar-refractivity contribution in [2.75, 3.05) is 13.7 Å². The number of methoxy groups -OCH3 is 1. The smallest absolute Gasteiger partial charge is 0.254 e. The molecule has 9 heteroatoms. The van der Waals surface area contributed by atoms with Crippen LogP contribution < -0.4 is 5.32 Å². The molecule has 3 aromatic rings. The normalized spacial score (nSPS) is 12.1. The molecule has 2 N–H and O–H groups in total. The molecule has 0 radical (unpaired) electrons. The number of aryl methyl sites for hydroxylation is 1. The first-order valence-corrected chi connectivity index (χ1v) is 9.83. The van der Waals surface area contributed by atoms with Gasteiger partial charge in [-0.1, -0.05) is 13.0 Å². The van der Waals surface area contributed by atoms with Crippen LogP contribution >= 0.6 is 11.3 Å². The van der Waals surface area contributed by atoms with Crippen molar-refractivity contribution in [2.45, 2.75) is 33.0 Å². The molecule has 0 aromatic carbocycles. The van der Waals surface area contributed by atoms with Crippen molar-refractivity contribution in [3.8, 4) is 16.5 Å². The monoisotopic (exact) mass is 401 g/mol. The number of nitrogens with zero attached hydrogens (tertiary/aromatic N) is 4. The van der Waals surface area contributed by atoms with Gasteiger partial charge in [0.25, 0.3) is 11.9 Å². The van der Waals surface area contributed by atoms with E-state index in [1.54, 1.807) is 24.6 Å². The first-order chi connectivity index (χ1) is 13.5. The van der Waals surface area contributed by atoms with Crippen LogP contribution in [-0.4, -0.2) is 50.5 Å². The summed E-state index contributed by atoms with van der Waals surface area (Å²) < 4.78 is 6.79. The number of amides is 1. The minimum absolute atomic E-state index is 0.171. The molecule has 0 fully saturated rings. The number of rotatable bonds is 8. The van der Waals surface area contributed by atoms with E-state index in [0.29, 0.717) is 23.6 Å². The number of aliphatic hydroxyl groups is 1. The summed E-state index contributed by atoms with van der Waals surface area (Å²) in [6.07, 6.45) is 3.19. The van der Waals surface area contributed by atoms with Crippen LogP contribution in [0.15, 0.2) is 29.9 Å². The molecule has 3 rings (SSSR count). The SMILES string of the molecule is CC[C@@H](O)CNC(=O)c1cnn(-c2ncc(C)c(-c3cccs3)n2)c1COC. The molecular formula is C19H23N5O3S. The van der Waals surface area contributed by atoms with E-state index in [0.717, 1.165) is 16.1 Å². The fourth-order valence-electron chi connectivity index (χ4n) is 2.66. The number of nitrogens with one attached hydrogen (secondary N) is 1. The van der Waals surface area contributed by atoms with Gasteiger partial charge in [0.05, 0.1) is 40.7 Å². The number of aliphatic hydroxyl groups excluding tert-OH is 1. The second-order valence-electron chi connectivity index (χ2n) is 6.30. The van der Waals surface area contributed by atoms with E-state index in [2.05, 4.69) is 20.4 Å². The molecule has 0 saturated heterocycles. The molecule has 0 saturated carbocycles. The molecule has 8 nitrogen and oxygen atoms in total. The number of thiophene rings is 1. The van der Waals surface area contributed by atoms with Crippen LogP contribution in [0.2, 0.25) is 0 Å². The Labute approximate surface area is 167 Å². The van der Waals surface area contributed by atoms with Crippen molar-refractivity contribution in [1.82, 2.24) is 25.1 Å². The molecule has 0 aliphatic rings. The number of carbonyl (C=O) groups is 1. The first kappa shape index (κ1) is 20.1. The van der Waals surface area contributed by atoms with Crippen LogP contribution in [0.3, 0.4) is 0 Å². The fourth-order valence-corrected chi connectivity index (χ4v) is 3.44. The molecule has 148 valence electrons. The van der Waals surface area contributed by atoms with Gasteiger partial charge in [-0.05, 0) is 30.4 Å². The maximum absolute atomic E-state index is 12.5. The highest BCUT2D eigenvalue weighted by Crippen LogP contribution is 2.26. The van der Waals surface area contributed by atoms with Gasteiger partial charge in [-0.2, -0.15) is 9.78 Å².